The van der Waals surface area contributed by atoms with Gasteiger partial charge in [0, 0.05) is 6.42 Å². The molecule has 0 unspecified atom stereocenters. The molecule has 0 N–H and O–H groups in total. The second kappa shape index (κ2) is 4.43. The molecule has 0 aliphatic heterocycles. The molecule has 0 saturated heterocycles. The number of ketones is 1. The molecular weight excluding hydrogens is 202 g/mol. The second-order valence-corrected chi connectivity index (χ2v) is 4.37. The third-order valence-electron chi connectivity index (χ3n) is 2.38. The van der Waals surface area contributed by atoms with E-state index in [1.807, 2.05) is 38.1 Å². The predicted octanol–water partition coefficient (Wildman–Crippen LogP) is 2.05. The van der Waals surface area contributed by atoms with Crippen LogP contribution in [0.15, 0.2) is 24.3 Å². The molecule has 0 aliphatic rings. The highest BCUT2D eigenvalue weighted by Crippen LogP contribution is 2.10. The SMILES string of the molecule is CC(C)CC(=O)Cn1nnc2ccccc21. The predicted molar refractivity (Wildman–Crippen MR) is 62.0 cm³/mol. The molecule has 84 valence electrons. The molecule has 0 bridgehead atoms. The van der Waals surface area contributed by atoms with Gasteiger partial charge in [0.15, 0.2) is 5.78 Å². The van der Waals surface area contributed by atoms with Crippen LogP contribution in [0.4, 0.5) is 0 Å². The highest BCUT2D eigenvalue weighted by atomic mass is 16.1. The molecule has 0 saturated carbocycles. The number of benzene rings is 1. The van der Waals surface area contributed by atoms with Crippen molar-refractivity contribution in [2.24, 2.45) is 5.92 Å². The summed E-state index contributed by atoms with van der Waals surface area (Å²) < 4.78 is 1.67. The molecule has 4 heteroatoms. The van der Waals surface area contributed by atoms with E-state index < -0.39 is 0 Å². The molecule has 0 atom stereocenters. The van der Waals surface area contributed by atoms with Gasteiger partial charge in [0.2, 0.25) is 0 Å². The fraction of sp³-hybridized carbons (Fsp3) is 0.417. The van der Waals surface area contributed by atoms with Crippen LogP contribution in [-0.2, 0) is 11.3 Å². The van der Waals surface area contributed by atoms with Gasteiger partial charge < -0.3 is 0 Å². The third kappa shape index (κ3) is 2.27. The van der Waals surface area contributed by atoms with Gasteiger partial charge in [-0.2, -0.15) is 0 Å². The molecular formula is C12H15N3O. The Labute approximate surface area is 94.3 Å². The maximum Gasteiger partial charge on any atom is 0.154 e. The quantitative estimate of drug-likeness (QED) is 0.787. The van der Waals surface area contributed by atoms with Crippen LogP contribution in [-0.4, -0.2) is 20.8 Å². The minimum atomic E-state index is 0.200. The molecule has 2 rings (SSSR count). The topological polar surface area (TPSA) is 47.8 Å². The van der Waals surface area contributed by atoms with Crippen molar-refractivity contribution >= 4 is 16.8 Å². The van der Waals surface area contributed by atoms with Gasteiger partial charge in [-0.1, -0.05) is 31.2 Å². The number of carbonyl (C=O) groups is 1. The van der Waals surface area contributed by atoms with Gasteiger partial charge >= 0.3 is 0 Å². The van der Waals surface area contributed by atoms with Gasteiger partial charge in [0.25, 0.3) is 0 Å². The lowest BCUT2D eigenvalue weighted by atomic mass is 10.1. The Bertz CT molecular complexity index is 502. The zero-order chi connectivity index (χ0) is 11.5. The molecule has 0 aliphatic carbocycles. The third-order valence-corrected chi connectivity index (χ3v) is 2.38. The van der Waals surface area contributed by atoms with Crippen molar-refractivity contribution in [2.75, 3.05) is 0 Å². The summed E-state index contributed by atoms with van der Waals surface area (Å²) in [5.41, 5.74) is 1.75. The smallest absolute Gasteiger partial charge is 0.154 e. The average Bonchev–Trinajstić information content (AvgIpc) is 2.61. The van der Waals surface area contributed by atoms with Crippen molar-refractivity contribution in [3.63, 3.8) is 0 Å². The minimum absolute atomic E-state index is 0.200. The van der Waals surface area contributed by atoms with Crippen LogP contribution in [0, 0.1) is 5.92 Å². The van der Waals surface area contributed by atoms with Gasteiger partial charge in [-0.15, -0.1) is 5.10 Å². The number of carbonyl (C=O) groups excluding carboxylic acids is 1. The Hall–Kier alpha value is -1.71. The molecule has 16 heavy (non-hydrogen) atoms. The molecule has 0 radical (unpaired) electrons. The summed E-state index contributed by atoms with van der Waals surface area (Å²) in [7, 11) is 0. The molecule has 0 spiro atoms. The summed E-state index contributed by atoms with van der Waals surface area (Å²) in [5, 5.41) is 8.00. The Morgan fingerprint density at radius 1 is 1.38 bits per heavy atom. The number of rotatable bonds is 4. The number of fused-ring (bicyclic) bond motifs is 1. The fourth-order valence-electron chi connectivity index (χ4n) is 1.72. The highest BCUT2D eigenvalue weighted by Gasteiger charge is 2.09. The van der Waals surface area contributed by atoms with Gasteiger partial charge in [-0.3, -0.25) is 4.79 Å². The van der Waals surface area contributed by atoms with Crippen LogP contribution in [0.5, 0.6) is 0 Å². The van der Waals surface area contributed by atoms with Gasteiger partial charge in [0.05, 0.1) is 5.52 Å². The van der Waals surface area contributed by atoms with Crippen molar-refractivity contribution in [2.45, 2.75) is 26.8 Å². The first-order valence-corrected chi connectivity index (χ1v) is 5.46. The summed E-state index contributed by atoms with van der Waals surface area (Å²) in [4.78, 5) is 11.7. The molecule has 1 heterocycles. The van der Waals surface area contributed by atoms with Crippen molar-refractivity contribution in [3.05, 3.63) is 24.3 Å². The summed E-state index contributed by atoms with van der Waals surface area (Å²) in [6.07, 6.45) is 0.591. The molecule has 1 aromatic carbocycles. The monoisotopic (exact) mass is 217 g/mol. The number of hydrogen-bond acceptors (Lipinski definition) is 3. The number of hydrogen-bond donors (Lipinski definition) is 0. The van der Waals surface area contributed by atoms with Crippen molar-refractivity contribution in [3.8, 4) is 0 Å². The van der Waals surface area contributed by atoms with E-state index in [4.69, 9.17) is 0 Å². The van der Waals surface area contributed by atoms with E-state index in [1.54, 1.807) is 4.68 Å². The van der Waals surface area contributed by atoms with E-state index in [9.17, 15) is 4.79 Å². The second-order valence-electron chi connectivity index (χ2n) is 4.37. The van der Waals surface area contributed by atoms with Crippen LogP contribution in [0.3, 0.4) is 0 Å². The van der Waals surface area contributed by atoms with E-state index in [2.05, 4.69) is 10.3 Å². The Morgan fingerprint density at radius 3 is 2.88 bits per heavy atom. The first kappa shape index (κ1) is 10.8. The van der Waals surface area contributed by atoms with Crippen LogP contribution in [0.1, 0.15) is 20.3 Å². The Balaban J connectivity index is 2.18. The molecule has 1 aromatic heterocycles. The summed E-state index contributed by atoms with van der Waals surface area (Å²) in [6, 6.07) is 7.66. The summed E-state index contributed by atoms with van der Waals surface area (Å²) in [5.74, 6) is 0.591. The van der Waals surface area contributed by atoms with Crippen LogP contribution in [0.2, 0.25) is 0 Å². The summed E-state index contributed by atoms with van der Waals surface area (Å²) in [6.45, 7) is 4.40. The van der Waals surface area contributed by atoms with Gasteiger partial charge in [0.1, 0.15) is 12.1 Å². The fourth-order valence-corrected chi connectivity index (χ4v) is 1.72. The first-order chi connectivity index (χ1) is 7.66. The number of Topliss-reactive ketones (excluding diaryl/α,β-unsaturated/α-hetero) is 1. The van der Waals surface area contributed by atoms with Crippen molar-refractivity contribution in [1.29, 1.82) is 0 Å². The minimum Gasteiger partial charge on any atom is -0.298 e. The van der Waals surface area contributed by atoms with Crippen LogP contribution >= 0.6 is 0 Å². The number of aromatic nitrogens is 3. The number of para-hydroxylation sites is 1. The average molecular weight is 217 g/mol. The van der Waals surface area contributed by atoms with Crippen LogP contribution < -0.4 is 0 Å². The first-order valence-electron chi connectivity index (χ1n) is 5.46. The molecule has 4 nitrogen and oxygen atoms in total. The standard InChI is InChI=1S/C12H15N3O/c1-9(2)7-10(16)8-15-12-6-4-3-5-11(12)13-14-15/h3-6,9H,7-8H2,1-2H3. The van der Waals surface area contributed by atoms with Crippen LogP contribution in [0.25, 0.3) is 11.0 Å². The Kier molecular flexibility index (Phi) is 2.99. The molecule has 0 amide bonds. The van der Waals surface area contributed by atoms with Crippen molar-refractivity contribution in [1.82, 2.24) is 15.0 Å². The van der Waals surface area contributed by atoms with E-state index in [-0.39, 0.29) is 5.78 Å². The van der Waals surface area contributed by atoms with Gasteiger partial charge in [-0.25, -0.2) is 4.68 Å². The Morgan fingerprint density at radius 2 is 2.12 bits per heavy atom. The van der Waals surface area contributed by atoms with E-state index in [0.717, 1.165) is 11.0 Å². The lowest BCUT2D eigenvalue weighted by Crippen LogP contribution is -2.13. The van der Waals surface area contributed by atoms with E-state index in [1.165, 1.54) is 0 Å². The molecule has 0 fully saturated rings. The number of nitrogens with zero attached hydrogens (tertiary/aromatic N) is 3. The van der Waals surface area contributed by atoms with E-state index >= 15 is 0 Å². The maximum atomic E-state index is 11.7. The summed E-state index contributed by atoms with van der Waals surface area (Å²) >= 11 is 0. The lowest BCUT2D eigenvalue weighted by Gasteiger charge is -2.04. The highest BCUT2D eigenvalue weighted by molar-refractivity contribution is 5.81. The van der Waals surface area contributed by atoms with Gasteiger partial charge in [-0.05, 0) is 18.1 Å². The zero-order valence-corrected chi connectivity index (χ0v) is 9.55. The zero-order valence-electron chi connectivity index (χ0n) is 9.55. The van der Waals surface area contributed by atoms with E-state index in [0.29, 0.717) is 18.9 Å². The largest absolute Gasteiger partial charge is 0.298 e. The molecule has 2 aromatic rings. The lowest BCUT2D eigenvalue weighted by molar-refractivity contribution is -0.120. The normalized spacial score (nSPS) is 11.2. The van der Waals surface area contributed by atoms with Crippen molar-refractivity contribution < 1.29 is 4.79 Å². The maximum absolute atomic E-state index is 11.7.